The van der Waals surface area contributed by atoms with E-state index in [0.29, 0.717) is 24.8 Å². The molecule has 0 unspecified atom stereocenters. The second-order valence-corrected chi connectivity index (χ2v) is 5.70. The third-order valence-electron chi connectivity index (χ3n) is 2.56. The molecule has 0 spiro atoms. The molecule has 0 atom stereocenters. The molecule has 5 heteroatoms. The van der Waals surface area contributed by atoms with Crippen LogP contribution in [0.4, 0.5) is 0 Å². The van der Waals surface area contributed by atoms with E-state index >= 15 is 0 Å². The molecule has 0 aliphatic rings. The van der Waals surface area contributed by atoms with Crippen LogP contribution < -0.4 is 10.1 Å². The predicted molar refractivity (Wildman–Crippen MR) is 82.8 cm³/mol. The van der Waals surface area contributed by atoms with E-state index in [1.807, 2.05) is 18.2 Å². The maximum atomic E-state index is 11.4. The third kappa shape index (κ3) is 5.92. The van der Waals surface area contributed by atoms with Gasteiger partial charge in [0.2, 0.25) is 0 Å². The molecule has 0 saturated carbocycles. The number of hydrogen-bond acceptors (Lipinski definition) is 4. The van der Waals surface area contributed by atoms with Gasteiger partial charge in [0, 0.05) is 12.1 Å². The van der Waals surface area contributed by atoms with Crippen LogP contribution in [0.5, 0.6) is 5.75 Å². The van der Waals surface area contributed by atoms with Crippen LogP contribution in [0.3, 0.4) is 0 Å². The lowest BCUT2D eigenvalue weighted by atomic mass is 10.2. The molecule has 0 aliphatic heterocycles. The van der Waals surface area contributed by atoms with Gasteiger partial charge in [-0.3, -0.25) is 0 Å². The normalized spacial score (nSPS) is 10.7. The van der Waals surface area contributed by atoms with Gasteiger partial charge in [0.25, 0.3) is 0 Å². The van der Waals surface area contributed by atoms with E-state index in [9.17, 15) is 4.79 Å². The molecule has 1 rings (SSSR count). The lowest BCUT2D eigenvalue weighted by Crippen LogP contribution is -2.20. The Labute approximate surface area is 129 Å². The van der Waals surface area contributed by atoms with Gasteiger partial charge in [0.1, 0.15) is 5.75 Å². The molecule has 0 fully saturated rings. The van der Waals surface area contributed by atoms with E-state index in [2.05, 4.69) is 35.1 Å². The number of rotatable bonds is 8. The van der Waals surface area contributed by atoms with Crippen molar-refractivity contribution in [2.24, 2.45) is 5.92 Å². The molecule has 1 aromatic carbocycles. The van der Waals surface area contributed by atoms with Crippen LogP contribution in [0, 0.1) is 5.92 Å². The Morgan fingerprint density at radius 2 is 2.15 bits per heavy atom. The van der Waals surface area contributed by atoms with Gasteiger partial charge in [0.05, 0.1) is 11.1 Å². The molecule has 0 amide bonds. The first-order chi connectivity index (χ1) is 9.54. The Kier molecular flexibility index (Phi) is 7.62. The van der Waals surface area contributed by atoms with Crippen molar-refractivity contribution in [1.29, 1.82) is 0 Å². The molecule has 0 radical (unpaired) electrons. The topological polar surface area (TPSA) is 47.6 Å². The summed E-state index contributed by atoms with van der Waals surface area (Å²) in [6.45, 7) is 8.02. The van der Waals surface area contributed by atoms with Crippen LogP contribution in [-0.2, 0) is 16.1 Å². The monoisotopic (exact) mass is 343 g/mol. The molecule has 0 heterocycles. The van der Waals surface area contributed by atoms with E-state index < -0.39 is 0 Å². The Bertz CT molecular complexity index is 435. The van der Waals surface area contributed by atoms with E-state index in [4.69, 9.17) is 9.47 Å². The van der Waals surface area contributed by atoms with E-state index in [-0.39, 0.29) is 12.6 Å². The maximum absolute atomic E-state index is 11.4. The molecular formula is C15H22BrNO3. The van der Waals surface area contributed by atoms with Gasteiger partial charge < -0.3 is 14.8 Å². The molecular weight excluding hydrogens is 322 g/mol. The predicted octanol–water partition coefficient (Wildman–Crippen LogP) is 3.14. The summed E-state index contributed by atoms with van der Waals surface area (Å²) < 4.78 is 11.3. The highest BCUT2D eigenvalue weighted by molar-refractivity contribution is 9.10. The standard InChI is InChI=1S/C15H22BrNO3/c1-4-19-14(18)10-20-15-12(6-5-7-13(15)16)9-17-8-11(2)3/h5-7,11,17H,4,8-10H2,1-3H3. The number of hydrogen-bond donors (Lipinski definition) is 1. The zero-order valence-electron chi connectivity index (χ0n) is 12.2. The first kappa shape index (κ1) is 17.0. The summed E-state index contributed by atoms with van der Waals surface area (Å²) in [5.41, 5.74) is 1.02. The van der Waals surface area contributed by atoms with E-state index in [1.54, 1.807) is 6.92 Å². The smallest absolute Gasteiger partial charge is 0.344 e. The number of carbonyl (C=O) groups excluding carboxylic acids is 1. The van der Waals surface area contributed by atoms with Crippen molar-refractivity contribution in [3.63, 3.8) is 0 Å². The zero-order chi connectivity index (χ0) is 15.0. The number of nitrogens with one attached hydrogen (secondary N) is 1. The lowest BCUT2D eigenvalue weighted by molar-refractivity contribution is -0.145. The number of benzene rings is 1. The van der Waals surface area contributed by atoms with Crippen molar-refractivity contribution < 1.29 is 14.3 Å². The molecule has 112 valence electrons. The molecule has 0 aliphatic carbocycles. The van der Waals surface area contributed by atoms with Crippen LogP contribution >= 0.6 is 15.9 Å². The average Bonchev–Trinajstić information content (AvgIpc) is 2.38. The third-order valence-corrected chi connectivity index (χ3v) is 3.18. The average molecular weight is 344 g/mol. The van der Waals surface area contributed by atoms with Gasteiger partial charge >= 0.3 is 5.97 Å². The van der Waals surface area contributed by atoms with E-state index in [1.165, 1.54) is 0 Å². The van der Waals surface area contributed by atoms with Gasteiger partial charge in [-0.25, -0.2) is 4.79 Å². The summed E-state index contributed by atoms with van der Waals surface area (Å²) >= 11 is 3.45. The number of ether oxygens (including phenoxy) is 2. The molecule has 1 N–H and O–H groups in total. The van der Waals surface area contributed by atoms with Crippen molar-refractivity contribution in [3.8, 4) is 5.75 Å². The van der Waals surface area contributed by atoms with Crippen molar-refractivity contribution in [1.82, 2.24) is 5.32 Å². The summed E-state index contributed by atoms with van der Waals surface area (Å²) in [6, 6.07) is 5.83. The van der Waals surface area contributed by atoms with Crippen LogP contribution in [0.1, 0.15) is 26.3 Å². The minimum atomic E-state index is -0.357. The Hall–Kier alpha value is -1.07. The summed E-state index contributed by atoms with van der Waals surface area (Å²) in [5, 5.41) is 3.36. The van der Waals surface area contributed by atoms with E-state index in [0.717, 1.165) is 16.6 Å². The molecule has 4 nitrogen and oxygen atoms in total. The van der Waals surface area contributed by atoms with Gasteiger partial charge in [-0.2, -0.15) is 0 Å². The molecule has 0 aromatic heterocycles. The Balaban J connectivity index is 2.65. The van der Waals surface area contributed by atoms with Gasteiger partial charge in [-0.1, -0.05) is 26.0 Å². The summed E-state index contributed by atoms with van der Waals surface area (Å²) in [7, 11) is 0. The van der Waals surface area contributed by atoms with Gasteiger partial charge in [-0.15, -0.1) is 0 Å². The molecule has 20 heavy (non-hydrogen) atoms. The molecule has 0 bridgehead atoms. The second-order valence-electron chi connectivity index (χ2n) is 4.85. The fraction of sp³-hybridized carbons (Fsp3) is 0.533. The highest BCUT2D eigenvalue weighted by Gasteiger charge is 2.11. The Morgan fingerprint density at radius 3 is 2.80 bits per heavy atom. The van der Waals surface area contributed by atoms with Gasteiger partial charge in [0.15, 0.2) is 6.61 Å². The highest BCUT2D eigenvalue weighted by Crippen LogP contribution is 2.29. The maximum Gasteiger partial charge on any atom is 0.344 e. The van der Waals surface area contributed by atoms with Crippen molar-refractivity contribution in [2.45, 2.75) is 27.3 Å². The van der Waals surface area contributed by atoms with Crippen molar-refractivity contribution >= 4 is 21.9 Å². The number of esters is 1. The minimum absolute atomic E-state index is 0.0758. The van der Waals surface area contributed by atoms with Crippen molar-refractivity contribution in [3.05, 3.63) is 28.2 Å². The van der Waals surface area contributed by atoms with Crippen molar-refractivity contribution in [2.75, 3.05) is 19.8 Å². The minimum Gasteiger partial charge on any atom is -0.480 e. The van der Waals surface area contributed by atoms with Gasteiger partial charge in [-0.05, 0) is 41.4 Å². The fourth-order valence-corrected chi connectivity index (χ4v) is 2.21. The summed E-state index contributed by atoms with van der Waals surface area (Å²) in [6.07, 6.45) is 0. The summed E-state index contributed by atoms with van der Waals surface area (Å²) in [4.78, 5) is 11.4. The SMILES string of the molecule is CCOC(=O)COc1c(Br)cccc1CNCC(C)C. The fourth-order valence-electron chi connectivity index (χ4n) is 1.68. The largest absolute Gasteiger partial charge is 0.480 e. The summed E-state index contributed by atoms with van der Waals surface area (Å²) in [5.74, 6) is 0.923. The highest BCUT2D eigenvalue weighted by atomic mass is 79.9. The molecule has 0 saturated heterocycles. The lowest BCUT2D eigenvalue weighted by Gasteiger charge is -2.14. The van der Waals surface area contributed by atoms with Crippen LogP contribution in [-0.4, -0.2) is 25.7 Å². The quantitative estimate of drug-likeness (QED) is 0.736. The first-order valence-corrected chi connectivity index (χ1v) is 7.60. The number of carbonyl (C=O) groups is 1. The first-order valence-electron chi connectivity index (χ1n) is 6.81. The number of para-hydroxylation sites is 1. The van der Waals surface area contributed by atoms with Crippen LogP contribution in [0.15, 0.2) is 22.7 Å². The Morgan fingerprint density at radius 1 is 1.40 bits per heavy atom. The van der Waals surface area contributed by atoms with Crippen LogP contribution in [0.2, 0.25) is 0 Å². The van der Waals surface area contributed by atoms with Crippen LogP contribution in [0.25, 0.3) is 0 Å². The molecule has 1 aromatic rings. The number of halogens is 1. The zero-order valence-corrected chi connectivity index (χ0v) is 13.8. The second kappa shape index (κ2) is 8.97.